The molecule has 0 unspecified atom stereocenters. The standard InChI is InChI=1S/C21H21FN2O3/c22-12-6-8-18-15(10-12)16(21(27)24-18)11-19-14(7-9-20(25)26)13-4-2-1-3-5-17(13)23-19/h6,8,10-11,23H,1-5,7,9H2,(H,24,27)(H,25,26)/b16-11-. The molecule has 2 heterocycles. The maximum atomic E-state index is 13.7. The van der Waals surface area contributed by atoms with Crippen molar-refractivity contribution >= 4 is 29.2 Å². The van der Waals surface area contributed by atoms with Gasteiger partial charge in [0.05, 0.1) is 5.57 Å². The number of carboxylic acids is 1. The predicted octanol–water partition coefficient (Wildman–Crippen LogP) is 3.93. The fourth-order valence-electron chi connectivity index (χ4n) is 4.04. The molecule has 0 bridgehead atoms. The Kier molecular flexibility index (Phi) is 4.56. The molecule has 1 aliphatic carbocycles. The van der Waals surface area contributed by atoms with Gasteiger partial charge in [0.2, 0.25) is 0 Å². The Morgan fingerprint density at radius 2 is 2.04 bits per heavy atom. The molecule has 0 radical (unpaired) electrons. The Labute approximate surface area is 156 Å². The summed E-state index contributed by atoms with van der Waals surface area (Å²) in [6.45, 7) is 0. The lowest BCUT2D eigenvalue weighted by molar-refractivity contribution is -0.137. The number of rotatable bonds is 4. The van der Waals surface area contributed by atoms with Gasteiger partial charge in [-0.2, -0.15) is 0 Å². The molecule has 6 heteroatoms. The van der Waals surface area contributed by atoms with Gasteiger partial charge in [-0.25, -0.2) is 4.39 Å². The lowest BCUT2D eigenvalue weighted by Gasteiger charge is -2.05. The summed E-state index contributed by atoms with van der Waals surface area (Å²) < 4.78 is 13.7. The van der Waals surface area contributed by atoms with Gasteiger partial charge >= 0.3 is 5.97 Å². The molecule has 1 aliphatic heterocycles. The van der Waals surface area contributed by atoms with Gasteiger partial charge < -0.3 is 15.4 Å². The minimum Gasteiger partial charge on any atom is -0.481 e. The molecule has 0 saturated carbocycles. The van der Waals surface area contributed by atoms with Crippen molar-refractivity contribution in [2.45, 2.75) is 44.9 Å². The molecule has 3 N–H and O–H groups in total. The van der Waals surface area contributed by atoms with Gasteiger partial charge in [0.15, 0.2) is 0 Å². The van der Waals surface area contributed by atoms with Crippen molar-refractivity contribution in [1.29, 1.82) is 0 Å². The molecule has 4 rings (SSSR count). The van der Waals surface area contributed by atoms with Crippen LogP contribution >= 0.6 is 0 Å². The van der Waals surface area contributed by atoms with Crippen LogP contribution in [0.4, 0.5) is 10.1 Å². The SMILES string of the molecule is O=C(O)CCc1c(/C=C2\C(=O)Nc3ccc(F)cc32)[nH]c2c1CCCCC2. The van der Waals surface area contributed by atoms with Crippen molar-refractivity contribution in [2.24, 2.45) is 0 Å². The highest BCUT2D eigenvalue weighted by molar-refractivity contribution is 6.34. The molecular formula is C21H21FN2O3. The molecule has 140 valence electrons. The molecule has 27 heavy (non-hydrogen) atoms. The quantitative estimate of drug-likeness (QED) is 0.565. The smallest absolute Gasteiger partial charge is 0.303 e. The molecule has 1 aromatic carbocycles. The fraction of sp³-hybridized carbons (Fsp3) is 0.333. The van der Waals surface area contributed by atoms with Gasteiger partial charge in [0.1, 0.15) is 5.82 Å². The van der Waals surface area contributed by atoms with E-state index in [2.05, 4.69) is 10.3 Å². The lowest BCUT2D eigenvalue weighted by Crippen LogP contribution is -2.04. The van der Waals surface area contributed by atoms with E-state index in [4.69, 9.17) is 5.11 Å². The highest BCUT2D eigenvalue weighted by Crippen LogP contribution is 2.35. The second-order valence-corrected chi connectivity index (χ2v) is 7.13. The lowest BCUT2D eigenvalue weighted by atomic mass is 9.98. The topological polar surface area (TPSA) is 82.2 Å². The van der Waals surface area contributed by atoms with Crippen LogP contribution in [0.5, 0.6) is 0 Å². The number of benzene rings is 1. The molecular weight excluding hydrogens is 347 g/mol. The van der Waals surface area contributed by atoms with Crippen LogP contribution < -0.4 is 5.32 Å². The third kappa shape index (κ3) is 3.39. The number of aliphatic carboxylic acids is 1. The average Bonchev–Trinajstić information content (AvgIpc) is 2.99. The Morgan fingerprint density at radius 3 is 2.85 bits per heavy atom. The Morgan fingerprint density at radius 1 is 1.22 bits per heavy atom. The van der Waals surface area contributed by atoms with Crippen molar-refractivity contribution in [3.8, 4) is 0 Å². The zero-order valence-corrected chi connectivity index (χ0v) is 14.9. The Bertz CT molecular complexity index is 959. The van der Waals surface area contributed by atoms with Gasteiger partial charge in [-0.05, 0) is 67.5 Å². The molecule has 2 aromatic rings. The number of anilines is 1. The summed E-state index contributed by atoms with van der Waals surface area (Å²) in [4.78, 5) is 26.9. The summed E-state index contributed by atoms with van der Waals surface area (Å²) in [5, 5.41) is 11.9. The number of H-pyrrole nitrogens is 1. The van der Waals surface area contributed by atoms with E-state index in [0.717, 1.165) is 49.1 Å². The number of amides is 1. The van der Waals surface area contributed by atoms with Gasteiger partial charge in [-0.1, -0.05) is 6.42 Å². The van der Waals surface area contributed by atoms with Crippen molar-refractivity contribution in [3.05, 3.63) is 52.1 Å². The number of nitrogens with one attached hydrogen (secondary N) is 2. The first-order valence-corrected chi connectivity index (χ1v) is 9.30. The fourth-order valence-corrected chi connectivity index (χ4v) is 4.04. The van der Waals surface area contributed by atoms with E-state index < -0.39 is 11.8 Å². The average molecular weight is 368 g/mol. The summed E-state index contributed by atoms with van der Waals surface area (Å²) >= 11 is 0. The van der Waals surface area contributed by atoms with E-state index in [9.17, 15) is 14.0 Å². The first-order chi connectivity index (χ1) is 13.0. The van der Waals surface area contributed by atoms with Gasteiger partial charge in [-0.3, -0.25) is 9.59 Å². The summed E-state index contributed by atoms with van der Waals surface area (Å²) in [6.07, 6.45) is 7.37. The number of carboxylic acid groups (broad SMARTS) is 1. The van der Waals surface area contributed by atoms with Crippen LogP contribution in [0.2, 0.25) is 0 Å². The number of halogens is 1. The van der Waals surface area contributed by atoms with E-state index in [-0.39, 0.29) is 12.3 Å². The number of carbonyl (C=O) groups excluding carboxylic acids is 1. The number of aromatic amines is 1. The van der Waals surface area contributed by atoms with E-state index in [1.165, 1.54) is 17.7 Å². The zero-order chi connectivity index (χ0) is 19.0. The second kappa shape index (κ2) is 7.02. The largest absolute Gasteiger partial charge is 0.481 e. The summed E-state index contributed by atoms with van der Waals surface area (Å²) in [6, 6.07) is 4.22. The van der Waals surface area contributed by atoms with Crippen LogP contribution in [0.3, 0.4) is 0 Å². The third-order valence-corrected chi connectivity index (χ3v) is 5.33. The number of fused-ring (bicyclic) bond motifs is 2. The van der Waals surface area contributed by atoms with Crippen LogP contribution in [0.1, 0.15) is 53.8 Å². The second-order valence-electron chi connectivity index (χ2n) is 7.13. The molecule has 0 fully saturated rings. The van der Waals surface area contributed by atoms with Crippen molar-refractivity contribution in [1.82, 2.24) is 4.98 Å². The molecule has 1 amide bonds. The minimum atomic E-state index is -0.844. The monoisotopic (exact) mass is 368 g/mol. The number of hydrogen-bond donors (Lipinski definition) is 3. The highest BCUT2D eigenvalue weighted by atomic mass is 19.1. The Hall–Kier alpha value is -2.89. The van der Waals surface area contributed by atoms with E-state index >= 15 is 0 Å². The van der Waals surface area contributed by atoms with Crippen LogP contribution in [-0.4, -0.2) is 22.0 Å². The first-order valence-electron chi connectivity index (χ1n) is 9.30. The zero-order valence-electron chi connectivity index (χ0n) is 14.9. The van der Waals surface area contributed by atoms with Crippen LogP contribution in [0.25, 0.3) is 11.6 Å². The molecule has 2 aliphatic rings. The predicted molar refractivity (Wildman–Crippen MR) is 101 cm³/mol. The van der Waals surface area contributed by atoms with Crippen LogP contribution in [0, 0.1) is 5.82 Å². The number of carbonyl (C=O) groups is 2. The molecule has 0 saturated heterocycles. The number of aryl methyl sites for hydroxylation is 1. The van der Waals surface area contributed by atoms with Gasteiger partial charge in [-0.15, -0.1) is 0 Å². The first kappa shape index (κ1) is 17.5. The maximum absolute atomic E-state index is 13.7. The summed E-state index contributed by atoms with van der Waals surface area (Å²) in [7, 11) is 0. The molecule has 0 spiro atoms. The Balaban J connectivity index is 1.80. The van der Waals surface area contributed by atoms with Crippen molar-refractivity contribution < 1.29 is 19.1 Å². The van der Waals surface area contributed by atoms with E-state index in [0.29, 0.717) is 23.2 Å². The van der Waals surface area contributed by atoms with Gasteiger partial charge in [0, 0.05) is 29.1 Å². The maximum Gasteiger partial charge on any atom is 0.303 e. The number of aromatic nitrogens is 1. The van der Waals surface area contributed by atoms with Crippen LogP contribution in [-0.2, 0) is 28.9 Å². The normalized spacial score (nSPS) is 17.4. The number of hydrogen-bond acceptors (Lipinski definition) is 2. The van der Waals surface area contributed by atoms with Crippen LogP contribution in [0.15, 0.2) is 18.2 Å². The van der Waals surface area contributed by atoms with Crippen molar-refractivity contribution in [3.63, 3.8) is 0 Å². The minimum absolute atomic E-state index is 0.0396. The summed E-state index contributed by atoms with van der Waals surface area (Å²) in [5.74, 6) is -1.52. The molecule has 0 atom stereocenters. The van der Waals surface area contributed by atoms with E-state index in [1.807, 2.05) is 0 Å². The van der Waals surface area contributed by atoms with E-state index in [1.54, 1.807) is 12.1 Å². The molecule has 1 aromatic heterocycles. The summed E-state index contributed by atoms with van der Waals surface area (Å²) in [5.41, 5.74) is 5.60. The highest BCUT2D eigenvalue weighted by Gasteiger charge is 2.26. The molecule has 5 nitrogen and oxygen atoms in total. The van der Waals surface area contributed by atoms with Crippen molar-refractivity contribution in [2.75, 3.05) is 5.32 Å². The van der Waals surface area contributed by atoms with Gasteiger partial charge in [0.25, 0.3) is 5.91 Å². The third-order valence-electron chi connectivity index (χ3n) is 5.33.